The van der Waals surface area contributed by atoms with Gasteiger partial charge in [0, 0.05) is 5.75 Å². The summed E-state index contributed by atoms with van der Waals surface area (Å²) in [6, 6.07) is 16.3. The molecular weight excluding hydrogens is 350 g/mol. The third kappa shape index (κ3) is 5.14. The first kappa shape index (κ1) is 17.6. The molecule has 0 bridgehead atoms. The maximum Gasteiger partial charge on any atom is 0.230 e. The Morgan fingerprint density at radius 1 is 1.12 bits per heavy atom. The van der Waals surface area contributed by atoms with Gasteiger partial charge in [-0.15, -0.1) is 10.2 Å². The van der Waals surface area contributed by atoms with Gasteiger partial charge in [-0.1, -0.05) is 77.2 Å². The number of aryl methyl sites for hydroxylation is 2. The van der Waals surface area contributed by atoms with Crippen molar-refractivity contribution in [2.75, 3.05) is 5.32 Å². The minimum absolute atomic E-state index is 0.0669. The fourth-order valence-corrected chi connectivity index (χ4v) is 4.14. The number of nitrogens with one attached hydrogen (secondary N) is 1. The molecule has 0 fully saturated rings. The number of anilines is 1. The summed E-state index contributed by atoms with van der Waals surface area (Å²) in [6.45, 7) is 4.08. The standard InChI is InChI=1S/C19H19N3OS2/c1-13-8-9-16(14(2)10-13)11-17(23)20-18-21-22-19(25-18)24-12-15-6-4-3-5-7-15/h3-10H,11-12H2,1-2H3,(H,20,21,23). The van der Waals surface area contributed by atoms with Gasteiger partial charge in [0.15, 0.2) is 4.34 Å². The summed E-state index contributed by atoms with van der Waals surface area (Å²) in [4.78, 5) is 12.2. The van der Waals surface area contributed by atoms with E-state index in [0.717, 1.165) is 21.2 Å². The van der Waals surface area contributed by atoms with Crippen molar-refractivity contribution in [2.45, 2.75) is 30.4 Å². The van der Waals surface area contributed by atoms with Crippen molar-refractivity contribution in [1.29, 1.82) is 0 Å². The van der Waals surface area contributed by atoms with Crippen LogP contribution in [0, 0.1) is 13.8 Å². The molecule has 0 spiro atoms. The summed E-state index contributed by atoms with van der Waals surface area (Å²) < 4.78 is 0.852. The van der Waals surface area contributed by atoms with Gasteiger partial charge in [0.25, 0.3) is 0 Å². The molecule has 128 valence electrons. The van der Waals surface area contributed by atoms with Crippen LogP contribution < -0.4 is 5.32 Å². The van der Waals surface area contributed by atoms with Crippen molar-refractivity contribution >= 4 is 34.1 Å². The van der Waals surface area contributed by atoms with Crippen LogP contribution in [0.1, 0.15) is 22.3 Å². The Labute approximate surface area is 155 Å². The molecule has 0 unspecified atom stereocenters. The summed E-state index contributed by atoms with van der Waals surface area (Å²) >= 11 is 3.03. The molecule has 4 nitrogen and oxygen atoms in total. The molecule has 1 aromatic heterocycles. The smallest absolute Gasteiger partial charge is 0.230 e. The minimum atomic E-state index is -0.0669. The van der Waals surface area contributed by atoms with Crippen LogP contribution in [0.5, 0.6) is 0 Å². The van der Waals surface area contributed by atoms with Crippen LogP contribution >= 0.6 is 23.1 Å². The predicted molar refractivity (Wildman–Crippen MR) is 104 cm³/mol. The van der Waals surface area contributed by atoms with Gasteiger partial charge in [0.2, 0.25) is 11.0 Å². The molecule has 3 aromatic rings. The number of aromatic nitrogens is 2. The lowest BCUT2D eigenvalue weighted by molar-refractivity contribution is -0.115. The predicted octanol–water partition coefficient (Wildman–Crippen LogP) is 4.63. The number of amides is 1. The highest BCUT2D eigenvalue weighted by Gasteiger charge is 2.11. The second-order valence-corrected chi connectivity index (χ2v) is 8.00. The van der Waals surface area contributed by atoms with Crippen LogP contribution in [0.15, 0.2) is 52.9 Å². The van der Waals surface area contributed by atoms with Gasteiger partial charge in [0.05, 0.1) is 6.42 Å². The molecule has 0 aliphatic carbocycles. The number of carbonyl (C=O) groups is 1. The molecule has 6 heteroatoms. The minimum Gasteiger partial charge on any atom is -0.300 e. The van der Waals surface area contributed by atoms with E-state index >= 15 is 0 Å². The number of rotatable bonds is 6. The summed E-state index contributed by atoms with van der Waals surface area (Å²) in [5.41, 5.74) is 4.60. The number of carbonyl (C=O) groups excluding carboxylic acids is 1. The van der Waals surface area contributed by atoms with Gasteiger partial charge in [-0.3, -0.25) is 4.79 Å². The lowest BCUT2D eigenvalue weighted by atomic mass is 10.0. The van der Waals surface area contributed by atoms with Crippen molar-refractivity contribution in [3.8, 4) is 0 Å². The third-order valence-electron chi connectivity index (χ3n) is 3.71. The van der Waals surface area contributed by atoms with Gasteiger partial charge in [-0.05, 0) is 30.5 Å². The monoisotopic (exact) mass is 369 g/mol. The van der Waals surface area contributed by atoms with Gasteiger partial charge < -0.3 is 5.32 Å². The molecule has 0 radical (unpaired) electrons. The zero-order chi connectivity index (χ0) is 17.6. The van der Waals surface area contributed by atoms with E-state index in [1.165, 1.54) is 22.5 Å². The maximum absolute atomic E-state index is 12.2. The van der Waals surface area contributed by atoms with Crippen molar-refractivity contribution in [3.05, 3.63) is 70.8 Å². The van der Waals surface area contributed by atoms with Crippen molar-refractivity contribution in [2.24, 2.45) is 0 Å². The molecule has 1 N–H and O–H groups in total. The fourth-order valence-electron chi connectivity index (χ4n) is 2.42. The zero-order valence-electron chi connectivity index (χ0n) is 14.2. The zero-order valence-corrected chi connectivity index (χ0v) is 15.8. The highest BCUT2D eigenvalue weighted by atomic mass is 32.2. The van der Waals surface area contributed by atoms with Gasteiger partial charge in [-0.2, -0.15) is 0 Å². The lowest BCUT2D eigenvalue weighted by Gasteiger charge is -2.06. The molecular formula is C19H19N3OS2. The highest BCUT2D eigenvalue weighted by molar-refractivity contribution is 8.00. The Morgan fingerprint density at radius 3 is 2.68 bits per heavy atom. The summed E-state index contributed by atoms with van der Waals surface area (Å²) in [6.07, 6.45) is 0.345. The van der Waals surface area contributed by atoms with E-state index in [9.17, 15) is 4.79 Å². The van der Waals surface area contributed by atoms with Crippen LogP contribution in [0.4, 0.5) is 5.13 Å². The molecule has 0 aliphatic rings. The quantitative estimate of drug-likeness (QED) is 0.508. The first-order valence-corrected chi connectivity index (χ1v) is 9.76. The van der Waals surface area contributed by atoms with Gasteiger partial charge in [-0.25, -0.2) is 0 Å². The Morgan fingerprint density at radius 2 is 1.92 bits per heavy atom. The third-order valence-corrected chi connectivity index (χ3v) is 5.75. The van der Waals surface area contributed by atoms with E-state index in [1.54, 1.807) is 11.8 Å². The molecule has 1 heterocycles. The highest BCUT2D eigenvalue weighted by Crippen LogP contribution is 2.28. The summed E-state index contributed by atoms with van der Waals surface area (Å²) in [5, 5.41) is 11.6. The molecule has 1 amide bonds. The Bertz CT molecular complexity index is 862. The van der Waals surface area contributed by atoms with Gasteiger partial charge >= 0.3 is 0 Å². The van der Waals surface area contributed by atoms with E-state index in [4.69, 9.17) is 0 Å². The van der Waals surface area contributed by atoms with E-state index < -0.39 is 0 Å². The number of hydrogen-bond donors (Lipinski definition) is 1. The number of benzene rings is 2. The lowest BCUT2D eigenvalue weighted by Crippen LogP contribution is -2.14. The first-order valence-electron chi connectivity index (χ1n) is 7.96. The average Bonchev–Trinajstić information content (AvgIpc) is 3.04. The van der Waals surface area contributed by atoms with E-state index in [0.29, 0.717) is 11.6 Å². The molecule has 3 rings (SSSR count). The van der Waals surface area contributed by atoms with E-state index in [-0.39, 0.29) is 5.91 Å². The number of hydrogen-bond acceptors (Lipinski definition) is 5. The topological polar surface area (TPSA) is 54.9 Å². The molecule has 2 aromatic carbocycles. The molecule has 0 saturated carbocycles. The number of thioether (sulfide) groups is 1. The maximum atomic E-state index is 12.2. The SMILES string of the molecule is Cc1ccc(CC(=O)Nc2nnc(SCc3ccccc3)s2)c(C)c1. The molecule has 0 aliphatic heterocycles. The summed E-state index contributed by atoms with van der Waals surface area (Å²) in [7, 11) is 0. The molecule has 0 saturated heterocycles. The van der Waals surface area contributed by atoms with Crippen LogP contribution in [0.2, 0.25) is 0 Å². The Hall–Kier alpha value is -2.18. The van der Waals surface area contributed by atoms with Crippen LogP contribution in [0.3, 0.4) is 0 Å². The second-order valence-electron chi connectivity index (χ2n) is 5.80. The second kappa shape index (κ2) is 8.27. The molecule has 25 heavy (non-hydrogen) atoms. The van der Waals surface area contributed by atoms with Gasteiger partial charge in [0.1, 0.15) is 0 Å². The first-order chi connectivity index (χ1) is 12.1. The van der Waals surface area contributed by atoms with Crippen LogP contribution in [-0.4, -0.2) is 16.1 Å². The van der Waals surface area contributed by atoms with Crippen LogP contribution in [-0.2, 0) is 17.0 Å². The van der Waals surface area contributed by atoms with E-state index in [1.807, 2.05) is 44.2 Å². The largest absolute Gasteiger partial charge is 0.300 e. The Balaban J connectivity index is 1.54. The van der Waals surface area contributed by atoms with Crippen LogP contribution in [0.25, 0.3) is 0 Å². The van der Waals surface area contributed by atoms with Crippen molar-refractivity contribution in [1.82, 2.24) is 10.2 Å². The Kier molecular flexibility index (Phi) is 5.83. The fraction of sp³-hybridized carbons (Fsp3) is 0.211. The normalized spacial score (nSPS) is 10.6. The number of nitrogens with zero attached hydrogens (tertiary/aromatic N) is 2. The summed E-state index contributed by atoms with van der Waals surface area (Å²) in [5.74, 6) is 0.772. The van der Waals surface area contributed by atoms with Crippen molar-refractivity contribution < 1.29 is 4.79 Å². The van der Waals surface area contributed by atoms with Crippen molar-refractivity contribution in [3.63, 3.8) is 0 Å². The molecule has 0 atom stereocenters. The average molecular weight is 370 g/mol. The van der Waals surface area contributed by atoms with E-state index in [2.05, 4.69) is 33.7 Å².